The van der Waals surface area contributed by atoms with E-state index in [2.05, 4.69) is 36.3 Å². The maximum Gasteiger partial charge on any atom is 0.229 e. The molecule has 0 bridgehead atoms. The molecule has 0 unspecified atom stereocenters. The summed E-state index contributed by atoms with van der Waals surface area (Å²) in [6.45, 7) is 5.29. The van der Waals surface area contributed by atoms with Crippen LogP contribution in [-0.4, -0.2) is 55.3 Å². The van der Waals surface area contributed by atoms with Crippen LogP contribution in [0, 0.1) is 17.8 Å². The normalized spacial score (nSPS) is 27.0. The molecule has 2 saturated heterocycles. The van der Waals surface area contributed by atoms with E-state index in [0.717, 1.165) is 23.9 Å². The SMILES string of the molecule is C[C@@H]1CN(C)CC[C@@H]1CCc1ccc(NC(=O)[C@@H]2CC(=O)N(C)C2)cc1. The standard InChI is InChI=1S/C21H31N3O2/c1-15-13-23(2)11-10-17(15)7-4-16-5-8-19(9-6-16)22-21(26)18-12-20(25)24(3)14-18/h5-6,8-9,15,17-18H,4,7,10-14H2,1-3H3,(H,22,26)/t15-,17+,18-/m1/s1. The van der Waals surface area contributed by atoms with Gasteiger partial charge in [-0.05, 0) is 62.4 Å². The highest BCUT2D eigenvalue weighted by molar-refractivity contribution is 5.97. The topological polar surface area (TPSA) is 52.7 Å². The fourth-order valence-electron chi connectivity index (χ4n) is 4.22. The van der Waals surface area contributed by atoms with E-state index in [1.807, 2.05) is 12.1 Å². The minimum absolute atomic E-state index is 0.0450. The van der Waals surface area contributed by atoms with E-state index in [4.69, 9.17) is 0 Å². The summed E-state index contributed by atoms with van der Waals surface area (Å²) >= 11 is 0. The second kappa shape index (κ2) is 8.21. The summed E-state index contributed by atoms with van der Waals surface area (Å²) in [6, 6.07) is 8.18. The number of rotatable bonds is 5. The average Bonchev–Trinajstić information content (AvgIpc) is 2.95. The van der Waals surface area contributed by atoms with Gasteiger partial charge in [0.05, 0.1) is 5.92 Å². The van der Waals surface area contributed by atoms with Crippen molar-refractivity contribution in [2.75, 3.05) is 39.0 Å². The van der Waals surface area contributed by atoms with Gasteiger partial charge in [0.1, 0.15) is 0 Å². The Balaban J connectivity index is 1.47. The Morgan fingerprint density at radius 3 is 2.54 bits per heavy atom. The second-order valence-corrected chi connectivity index (χ2v) is 8.19. The highest BCUT2D eigenvalue weighted by Crippen LogP contribution is 2.27. The third-order valence-electron chi connectivity index (χ3n) is 6.02. The highest BCUT2D eigenvalue weighted by atomic mass is 16.2. The first-order chi connectivity index (χ1) is 12.4. The van der Waals surface area contributed by atoms with E-state index in [9.17, 15) is 9.59 Å². The highest BCUT2D eigenvalue weighted by Gasteiger charge is 2.32. The number of amides is 2. The summed E-state index contributed by atoms with van der Waals surface area (Å²) in [6.07, 6.45) is 3.93. The summed E-state index contributed by atoms with van der Waals surface area (Å²) in [5, 5.41) is 2.95. The number of likely N-dealkylation sites (tertiary alicyclic amines) is 2. The fraction of sp³-hybridized carbons (Fsp3) is 0.619. The van der Waals surface area contributed by atoms with Crippen molar-refractivity contribution in [2.24, 2.45) is 17.8 Å². The average molecular weight is 357 g/mol. The first kappa shape index (κ1) is 18.9. The van der Waals surface area contributed by atoms with Crippen molar-refractivity contribution in [1.29, 1.82) is 0 Å². The summed E-state index contributed by atoms with van der Waals surface area (Å²) < 4.78 is 0. The number of carbonyl (C=O) groups excluding carboxylic acids is 2. The molecule has 2 aliphatic rings. The van der Waals surface area contributed by atoms with E-state index in [-0.39, 0.29) is 17.7 Å². The van der Waals surface area contributed by atoms with Crippen LogP contribution in [0.25, 0.3) is 0 Å². The molecule has 0 aromatic heterocycles. The quantitative estimate of drug-likeness (QED) is 0.881. The zero-order valence-corrected chi connectivity index (χ0v) is 16.2. The number of aryl methyl sites for hydroxylation is 1. The van der Waals surface area contributed by atoms with Gasteiger partial charge in [0, 0.05) is 32.2 Å². The predicted octanol–water partition coefficient (Wildman–Crippen LogP) is 2.62. The lowest BCUT2D eigenvalue weighted by Crippen LogP contribution is -2.36. The lowest BCUT2D eigenvalue weighted by atomic mass is 9.83. The van der Waals surface area contributed by atoms with Gasteiger partial charge >= 0.3 is 0 Å². The molecule has 2 fully saturated rings. The summed E-state index contributed by atoms with van der Waals surface area (Å²) in [4.78, 5) is 27.9. The number of piperidine rings is 1. The second-order valence-electron chi connectivity index (χ2n) is 8.19. The van der Waals surface area contributed by atoms with Gasteiger partial charge in [-0.25, -0.2) is 0 Å². The molecule has 0 saturated carbocycles. The monoisotopic (exact) mass is 357 g/mol. The number of carbonyl (C=O) groups is 2. The number of nitrogens with zero attached hydrogens (tertiary/aromatic N) is 2. The first-order valence-electron chi connectivity index (χ1n) is 9.74. The number of hydrogen-bond acceptors (Lipinski definition) is 3. The zero-order valence-electron chi connectivity index (χ0n) is 16.2. The Kier molecular flexibility index (Phi) is 5.97. The smallest absolute Gasteiger partial charge is 0.229 e. The molecule has 142 valence electrons. The third-order valence-corrected chi connectivity index (χ3v) is 6.02. The molecule has 1 aromatic carbocycles. The molecular weight excluding hydrogens is 326 g/mol. The van der Waals surface area contributed by atoms with Crippen LogP contribution < -0.4 is 5.32 Å². The Hall–Kier alpha value is -1.88. The summed E-state index contributed by atoms with van der Waals surface area (Å²) in [5.74, 6) is 1.32. The van der Waals surface area contributed by atoms with Gasteiger partial charge in [0.25, 0.3) is 0 Å². The van der Waals surface area contributed by atoms with Gasteiger partial charge in [-0.3, -0.25) is 9.59 Å². The van der Waals surface area contributed by atoms with Crippen molar-refractivity contribution in [2.45, 2.75) is 32.6 Å². The number of anilines is 1. The van der Waals surface area contributed by atoms with Gasteiger partial charge in [-0.1, -0.05) is 19.1 Å². The number of benzene rings is 1. The number of nitrogens with one attached hydrogen (secondary N) is 1. The first-order valence-corrected chi connectivity index (χ1v) is 9.74. The van der Waals surface area contributed by atoms with Crippen LogP contribution in [0.2, 0.25) is 0 Å². The zero-order chi connectivity index (χ0) is 18.7. The van der Waals surface area contributed by atoms with Crippen LogP contribution in [0.3, 0.4) is 0 Å². The van der Waals surface area contributed by atoms with Gasteiger partial charge in [0.15, 0.2) is 0 Å². The molecule has 26 heavy (non-hydrogen) atoms. The molecule has 2 amide bonds. The molecule has 5 nitrogen and oxygen atoms in total. The Bertz CT molecular complexity index is 643. The van der Waals surface area contributed by atoms with Crippen molar-refractivity contribution in [3.05, 3.63) is 29.8 Å². The maximum absolute atomic E-state index is 12.3. The van der Waals surface area contributed by atoms with Crippen LogP contribution in [-0.2, 0) is 16.0 Å². The number of hydrogen-bond donors (Lipinski definition) is 1. The van der Waals surface area contributed by atoms with E-state index in [0.29, 0.717) is 13.0 Å². The molecule has 1 N–H and O–H groups in total. The molecule has 1 aromatic rings. The van der Waals surface area contributed by atoms with Crippen LogP contribution in [0.1, 0.15) is 31.7 Å². The largest absolute Gasteiger partial charge is 0.345 e. The van der Waals surface area contributed by atoms with Crippen molar-refractivity contribution in [3.8, 4) is 0 Å². The molecule has 2 heterocycles. The molecule has 0 spiro atoms. The minimum Gasteiger partial charge on any atom is -0.345 e. The summed E-state index contributed by atoms with van der Waals surface area (Å²) in [5.41, 5.74) is 2.14. The van der Waals surface area contributed by atoms with Crippen molar-refractivity contribution >= 4 is 17.5 Å². The summed E-state index contributed by atoms with van der Waals surface area (Å²) in [7, 11) is 3.95. The fourth-order valence-corrected chi connectivity index (χ4v) is 4.22. The van der Waals surface area contributed by atoms with E-state index in [1.54, 1.807) is 11.9 Å². The molecule has 0 aliphatic carbocycles. The Morgan fingerprint density at radius 1 is 1.19 bits per heavy atom. The molecule has 5 heteroatoms. The molecule has 3 rings (SSSR count). The van der Waals surface area contributed by atoms with Crippen LogP contribution >= 0.6 is 0 Å². The Morgan fingerprint density at radius 2 is 1.92 bits per heavy atom. The van der Waals surface area contributed by atoms with E-state index >= 15 is 0 Å². The van der Waals surface area contributed by atoms with Crippen molar-refractivity contribution < 1.29 is 9.59 Å². The third kappa shape index (κ3) is 4.64. The van der Waals surface area contributed by atoms with Gasteiger partial charge in [-0.15, -0.1) is 0 Å². The van der Waals surface area contributed by atoms with E-state index in [1.165, 1.54) is 31.5 Å². The van der Waals surface area contributed by atoms with E-state index < -0.39 is 0 Å². The molecule has 3 atom stereocenters. The van der Waals surface area contributed by atoms with Crippen LogP contribution in [0.15, 0.2) is 24.3 Å². The van der Waals surface area contributed by atoms with Crippen molar-refractivity contribution in [3.63, 3.8) is 0 Å². The molecular formula is C21H31N3O2. The van der Waals surface area contributed by atoms with Crippen LogP contribution in [0.4, 0.5) is 5.69 Å². The minimum atomic E-state index is -0.238. The van der Waals surface area contributed by atoms with Gasteiger partial charge < -0.3 is 15.1 Å². The molecule has 0 radical (unpaired) electrons. The maximum atomic E-state index is 12.3. The van der Waals surface area contributed by atoms with Crippen molar-refractivity contribution in [1.82, 2.24) is 9.80 Å². The van der Waals surface area contributed by atoms with Crippen LogP contribution in [0.5, 0.6) is 0 Å². The Labute approximate surface area is 156 Å². The van der Waals surface area contributed by atoms with Gasteiger partial charge in [0.2, 0.25) is 11.8 Å². The predicted molar refractivity (Wildman–Crippen MR) is 104 cm³/mol. The lowest BCUT2D eigenvalue weighted by Gasteiger charge is -2.34. The van der Waals surface area contributed by atoms with Gasteiger partial charge in [-0.2, -0.15) is 0 Å². The molecule has 2 aliphatic heterocycles. The lowest BCUT2D eigenvalue weighted by molar-refractivity contribution is -0.127.